The second kappa shape index (κ2) is 12.3. The number of hydrogen-bond acceptors (Lipinski definition) is 2. The molecule has 0 aromatic heterocycles. The lowest BCUT2D eigenvalue weighted by Gasteiger charge is -2.27. The fourth-order valence-corrected chi connectivity index (χ4v) is 8.39. The van der Waals surface area contributed by atoms with Crippen molar-refractivity contribution >= 4 is 34.0 Å². The fraction of sp³-hybridized carbons (Fsp3) is 0.0400. The zero-order valence-electron chi connectivity index (χ0n) is 29.0. The zero-order valence-corrected chi connectivity index (χ0v) is 29.0. The molecule has 0 fully saturated rings. The number of nitrogens with zero attached hydrogens (tertiary/aromatic N) is 2. The molecule has 7 aromatic rings. The van der Waals surface area contributed by atoms with Crippen molar-refractivity contribution in [3.63, 3.8) is 0 Å². The molecule has 2 heteroatoms. The molecule has 2 nitrogen and oxygen atoms in total. The Bertz CT molecular complexity index is 2570. The van der Waals surface area contributed by atoms with Gasteiger partial charge in [0.25, 0.3) is 0 Å². The van der Waals surface area contributed by atoms with E-state index < -0.39 is 0 Å². The third kappa shape index (κ3) is 4.87. The van der Waals surface area contributed by atoms with Gasteiger partial charge in [-0.2, -0.15) is 0 Å². The SMILES string of the molecule is C\C1=C/C=C\C=C\N(c2ccc3c(c2)Cc2cc(N4c5ccccc5-c5ccccc5-c5ccccc54)ccc2-3)c2ccccc2-c2ccccc21. The van der Waals surface area contributed by atoms with Gasteiger partial charge < -0.3 is 9.80 Å². The molecule has 0 saturated carbocycles. The maximum absolute atomic E-state index is 2.46. The molecule has 7 aromatic carbocycles. The summed E-state index contributed by atoms with van der Waals surface area (Å²) >= 11 is 0. The average Bonchev–Trinajstić information content (AvgIpc) is 3.50. The number of allylic oxidation sites excluding steroid dienone is 5. The minimum absolute atomic E-state index is 0.884. The molecule has 52 heavy (non-hydrogen) atoms. The Labute approximate surface area is 305 Å². The van der Waals surface area contributed by atoms with Crippen LogP contribution in [-0.2, 0) is 6.42 Å². The molecule has 0 saturated heterocycles. The number of hydrogen-bond donors (Lipinski definition) is 0. The van der Waals surface area contributed by atoms with Crippen LogP contribution < -0.4 is 9.80 Å². The Balaban J connectivity index is 1.06. The van der Waals surface area contributed by atoms with Gasteiger partial charge in [0, 0.05) is 34.3 Å². The van der Waals surface area contributed by atoms with Crippen molar-refractivity contribution in [1.29, 1.82) is 0 Å². The summed E-state index contributed by atoms with van der Waals surface area (Å²) in [5, 5.41) is 0. The molecule has 0 radical (unpaired) electrons. The predicted molar refractivity (Wildman–Crippen MR) is 220 cm³/mol. The Morgan fingerprint density at radius 1 is 0.385 bits per heavy atom. The molecule has 2 aliphatic heterocycles. The molecule has 1 aliphatic carbocycles. The van der Waals surface area contributed by atoms with Crippen LogP contribution in [-0.4, -0.2) is 0 Å². The highest BCUT2D eigenvalue weighted by Gasteiger charge is 2.28. The van der Waals surface area contributed by atoms with Crippen LogP contribution in [0.5, 0.6) is 0 Å². The second-order valence-electron chi connectivity index (χ2n) is 13.8. The van der Waals surface area contributed by atoms with E-state index in [-0.39, 0.29) is 0 Å². The maximum Gasteiger partial charge on any atom is 0.0540 e. The smallest absolute Gasteiger partial charge is 0.0540 e. The van der Waals surface area contributed by atoms with Gasteiger partial charge in [0.15, 0.2) is 0 Å². The van der Waals surface area contributed by atoms with Crippen LogP contribution in [0.1, 0.15) is 23.6 Å². The summed E-state index contributed by atoms with van der Waals surface area (Å²) in [4.78, 5) is 4.80. The highest BCUT2D eigenvalue weighted by atomic mass is 15.2. The summed E-state index contributed by atoms with van der Waals surface area (Å²) < 4.78 is 0. The topological polar surface area (TPSA) is 6.48 Å². The van der Waals surface area contributed by atoms with Crippen molar-refractivity contribution in [3.05, 3.63) is 205 Å². The first-order valence-corrected chi connectivity index (χ1v) is 18.1. The van der Waals surface area contributed by atoms with E-state index in [0.29, 0.717) is 0 Å². The lowest BCUT2D eigenvalue weighted by molar-refractivity contribution is 1.22. The first-order valence-electron chi connectivity index (χ1n) is 18.1. The van der Waals surface area contributed by atoms with E-state index in [9.17, 15) is 0 Å². The largest absolute Gasteiger partial charge is 0.317 e. The van der Waals surface area contributed by atoms with Crippen LogP contribution in [0.2, 0.25) is 0 Å². The minimum Gasteiger partial charge on any atom is -0.317 e. The van der Waals surface area contributed by atoms with Gasteiger partial charge in [-0.25, -0.2) is 0 Å². The van der Waals surface area contributed by atoms with E-state index in [0.717, 1.165) is 17.8 Å². The zero-order chi connectivity index (χ0) is 34.6. The molecule has 3 aliphatic rings. The molecular formula is C50H36N2. The summed E-state index contributed by atoms with van der Waals surface area (Å²) in [7, 11) is 0. The third-order valence-corrected chi connectivity index (χ3v) is 10.8. The number of rotatable bonds is 2. The van der Waals surface area contributed by atoms with Gasteiger partial charge in [-0.3, -0.25) is 0 Å². The van der Waals surface area contributed by atoms with Gasteiger partial charge in [-0.05, 0) is 112 Å². The van der Waals surface area contributed by atoms with Crippen molar-refractivity contribution < 1.29 is 0 Å². The molecule has 0 spiro atoms. The average molecular weight is 665 g/mol. The van der Waals surface area contributed by atoms with Crippen molar-refractivity contribution in [2.75, 3.05) is 9.80 Å². The molecule has 0 unspecified atom stereocenters. The monoisotopic (exact) mass is 664 g/mol. The van der Waals surface area contributed by atoms with Crippen LogP contribution in [0.25, 0.3) is 50.1 Å². The summed E-state index contributed by atoms with van der Waals surface area (Å²) in [6, 6.07) is 58.0. The van der Waals surface area contributed by atoms with Crippen LogP contribution >= 0.6 is 0 Å². The Kier molecular flexibility index (Phi) is 7.14. The van der Waals surface area contributed by atoms with E-state index in [1.807, 2.05) is 0 Å². The number of fused-ring (bicyclic) bond motifs is 11. The highest BCUT2D eigenvalue weighted by Crippen LogP contribution is 2.52. The van der Waals surface area contributed by atoms with E-state index in [2.05, 4.69) is 205 Å². The van der Waals surface area contributed by atoms with Crippen LogP contribution in [0.4, 0.5) is 28.4 Å². The molecule has 0 amide bonds. The molecule has 2 heterocycles. The highest BCUT2D eigenvalue weighted by molar-refractivity contribution is 6.02. The van der Waals surface area contributed by atoms with Gasteiger partial charge in [-0.15, -0.1) is 0 Å². The summed E-state index contributed by atoms with van der Waals surface area (Å²) in [5.41, 5.74) is 21.2. The fourth-order valence-electron chi connectivity index (χ4n) is 8.39. The van der Waals surface area contributed by atoms with Crippen molar-refractivity contribution in [3.8, 4) is 44.5 Å². The Morgan fingerprint density at radius 2 is 0.846 bits per heavy atom. The lowest BCUT2D eigenvalue weighted by Crippen LogP contribution is -2.11. The second-order valence-corrected chi connectivity index (χ2v) is 13.8. The summed E-state index contributed by atoms with van der Waals surface area (Å²) in [5.74, 6) is 0. The number of anilines is 5. The van der Waals surface area contributed by atoms with Crippen molar-refractivity contribution in [1.82, 2.24) is 0 Å². The van der Waals surface area contributed by atoms with E-state index in [1.54, 1.807) is 0 Å². The molecular weight excluding hydrogens is 629 g/mol. The molecule has 246 valence electrons. The van der Waals surface area contributed by atoms with E-state index in [1.165, 1.54) is 83.8 Å². The maximum atomic E-state index is 2.46. The van der Waals surface area contributed by atoms with Crippen LogP contribution in [0.3, 0.4) is 0 Å². The number of benzene rings is 7. The van der Waals surface area contributed by atoms with Crippen molar-refractivity contribution in [2.24, 2.45) is 0 Å². The van der Waals surface area contributed by atoms with E-state index >= 15 is 0 Å². The minimum atomic E-state index is 0.884. The molecule has 0 atom stereocenters. The normalized spacial score (nSPS) is 15.9. The lowest BCUT2D eigenvalue weighted by atomic mass is 9.93. The summed E-state index contributed by atoms with van der Waals surface area (Å²) in [6.07, 6.45) is 11.7. The Hall–Kier alpha value is -6.64. The quantitative estimate of drug-likeness (QED) is 0.181. The molecule has 0 bridgehead atoms. The van der Waals surface area contributed by atoms with Gasteiger partial charge in [0.05, 0.1) is 17.1 Å². The third-order valence-electron chi connectivity index (χ3n) is 10.8. The first-order chi connectivity index (χ1) is 25.7. The molecule has 10 rings (SSSR count). The van der Waals surface area contributed by atoms with Gasteiger partial charge in [-0.1, -0.05) is 133 Å². The van der Waals surface area contributed by atoms with Gasteiger partial charge in [0.2, 0.25) is 0 Å². The first kappa shape index (κ1) is 30.2. The van der Waals surface area contributed by atoms with Crippen LogP contribution in [0.15, 0.2) is 188 Å². The van der Waals surface area contributed by atoms with Gasteiger partial charge in [0.1, 0.15) is 0 Å². The van der Waals surface area contributed by atoms with E-state index in [4.69, 9.17) is 0 Å². The number of para-hydroxylation sites is 3. The summed E-state index contributed by atoms with van der Waals surface area (Å²) in [6.45, 7) is 2.19. The Morgan fingerprint density at radius 3 is 1.46 bits per heavy atom. The molecule has 0 N–H and O–H groups in total. The van der Waals surface area contributed by atoms with Crippen LogP contribution in [0, 0.1) is 0 Å². The van der Waals surface area contributed by atoms with Gasteiger partial charge >= 0.3 is 0 Å². The standard InChI is InChI=1S/C50H36N2/c1-34-15-3-2-14-30-51(48-23-11-8-20-45(48)42-17-5-4-16-39(34)42)37-26-28-40-35(32-37)31-36-33-38(27-29-41(36)40)52-49-24-12-9-21-46(49)43-18-6-7-19-44(43)47-22-10-13-25-50(47)52/h2-30,32-33H,31H2,1H3/b3-2-,30-14+,34-15+. The van der Waals surface area contributed by atoms with Crippen molar-refractivity contribution in [2.45, 2.75) is 13.3 Å². The predicted octanol–water partition coefficient (Wildman–Crippen LogP) is 13.7.